The second kappa shape index (κ2) is 9.86. The van der Waals surface area contributed by atoms with E-state index in [9.17, 15) is 9.59 Å². The number of rotatable bonds is 8. The molecular weight excluding hydrogens is 450 g/mol. The van der Waals surface area contributed by atoms with E-state index in [1.54, 1.807) is 17.8 Å². The maximum atomic E-state index is 12.6. The van der Waals surface area contributed by atoms with Crippen molar-refractivity contribution in [3.63, 3.8) is 0 Å². The standard InChI is InChI=1S/C21H25N5O4S2/c1-4-29-20(28)18-14-6-5-12(2)9-15(14)32-19(18)23-16(27)11-31-21-25-24-17(30-21)10-26-13(3)7-8-22-26/h7-8,12H,4-6,9-11H2,1-3H3,(H,23,27). The van der Waals surface area contributed by atoms with Crippen molar-refractivity contribution in [1.82, 2.24) is 20.0 Å². The molecule has 9 nitrogen and oxygen atoms in total. The Labute approximate surface area is 193 Å². The summed E-state index contributed by atoms with van der Waals surface area (Å²) in [6, 6.07) is 1.89. The predicted octanol–water partition coefficient (Wildman–Crippen LogP) is 3.72. The number of carbonyl (C=O) groups excluding carboxylic acids is 2. The van der Waals surface area contributed by atoms with Crippen LogP contribution in [0.1, 0.15) is 52.7 Å². The Hall–Kier alpha value is -2.66. The number of anilines is 1. The Bertz CT molecular complexity index is 1120. The molecule has 11 heteroatoms. The molecule has 1 aliphatic carbocycles. The van der Waals surface area contributed by atoms with E-state index in [2.05, 4.69) is 27.5 Å². The summed E-state index contributed by atoms with van der Waals surface area (Å²) in [6.07, 6.45) is 4.47. The average molecular weight is 476 g/mol. The second-order valence-corrected chi connectivity index (χ2v) is 9.74. The number of nitrogens with zero attached hydrogens (tertiary/aromatic N) is 4. The SMILES string of the molecule is CCOC(=O)c1c(NC(=O)CSc2nnc(Cn3nccc3C)o2)sc2c1CCC(C)C2. The van der Waals surface area contributed by atoms with E-state index >= 15 is 0 Å². The summed E-state index contributed by atoms with van der Waals surface area (Å²) < 4.78 is 12.6. The van der Waals surface area contributed by atoms with Crippen LogP contribution in [0.3, 0.4) is 0 Å². The average Bonchev–Trinajstić information content (AvgIpc) is 3.46. The van der Waals surface area contributed by atoms with Gasteiger partial charge in [-0.3, -0.25) is 9.48 Å². The summed E-state index contributed by atoms with van der Waals surface area (Å²) in [4.78, 5) is 26.4. The molecule has 0 fully saturated rings. The quantitative estimate of drug-likeness (QED) is 0.388. The molecule has 0 radical (unpaired) electrons. The van der Waals surface area contributed by atoms with Gasteiger partial charge in [0.25, 0.3) is 5.22 Å². The largest absolute Gasteiger partial charge is 0.462 e. The maximum absolute atomic E-state index is 12.6. The molecule has 1 atom stereocenters. The lowest BCUT2D eigenvalue weighted by Crippen LogP contribution is -2.17. The minimum atomic E-state index is -0.377. The van der Waals surface area contributed by atoms with Gasteiger partial charge in [-0.25, -0.2) is 4.79 Å². The summed E-state index contributed by atoms with van der Waals surface area (Å²) >= 11 is 2.63. The van der Waals surface area contributed by atoms with Crippen molar-refractivity contribution in [2.24, 2.45) is 5.92 Å². The van der Waals surface area contributed by atoms with Gasteiger partial charge in [0.1, 0.15) is 11.5 Å². The van der Waals surface area contributed by atoms with Crippen LogP contribution in [0, 0.1) is 12.8 Å². The zero-order valence-corrected chi connectivity index (χ0v) is 19.8. The van der Waals surface area contributed by atoms with Gasteiger partial charge >= 0.3 is 5.97 Å². The van der Waals surface area contributed by atoms with E-state index in [-0.39, 0.29) is 17.6 Å². The van der Waals surface area contributed by atoms with Crippen LogP contribution in [0.4, 0.5) is 5.00 Å². The number of amides is 1. The molecule has 0 saturated carbocycles. The number of fused-ring (bicyclic) bond motifs is 1. The number of thiophene rings is 1. The summed E-state index contributed by atoms with van der Waals surface area (Å²) in [5, 5.41) is 16.0. The number of thioether (sulfide) groups is 1. The Morgan fingerprint density at radius 1 is 1.41 bits per heavy atom. The normalized spacial score (nSPS) is 15.4. The number of esters is 1. The lowest BCUT2D eigenvalue weighted by atomic mass is 9.88. The molecule has 170 valence electrons. The third kappa shape index (κ3) is 5.04. The highest BCUT2D eigenvalue weighted by molar-refractivity contribution is 7.99. The van der Waals surface area contributed by atoms with Gasteiger partial charge in [0.2, 0.25) is 11.8 Å². The highest BCUT2D eigenvalue weighted by atomic mass is 32.2. The van der Waals surface area contributed by atoms with Gasteiger partial charge in [-0.1, -0.05) is 18.7 Å². The van der Waals surface area contributed by atoms with Gasteiger partial charge in [0, 0.05) is 16.8 Å². The molecule has 1 N–H and O–H groups in total. The van der Waals surface area contributed by atoms with Crippen LogP contribution >= 0.6 is 23.1 Å². The number of hydrogen-bond donors (Lipinski definition) is 1. The van der Waals surface area contributed by atoms with Gasteiger partial charge in [-0.05, 0) is 50.7 Å². The Balaban J connectivity index is 1.40. The number of aromatic nitrogens is 4. The molecule has 3 heterocycles. The first-order valence-corrected chi connectivity index (χ1v) is 12.3. The molecule has 1 unspecified atom stereocenters. The fourth-order valence-corrected chi connectivity index (χ4v) is 5.60. The first-order valence-electron chi connectivity index (χ1n) is 10.5. The molecule has 0 aromatic carbocycles. The van der Waals surface area contributed by atoms with Gasteiger partial charge in [0.05, 0.1) is 17.9 Å². The highest BCUT2D eigenvalue weighted by Crippen LogP contribution is 2.40. The lowest BCUT2D eigenvalue weighted by Gasteiger charge is -2.18. The molecule has 1 aliphatic rings. The first kappa shape index (κ1) is 22.5. The molecule has 0 aliphatic heterocycles. The number of ether oxygens (including phenoxy) is 1. The Kier molecular flexibility index (Phi) is 6.95. The van der Waals surface area contributed by atoms with Gasteiger partial charge in [-0.15, -0.1) is 21.5 Å². The number of aryl methyl sites for hydroxylation is 1. The smallest absolute Gasteiger partial charge is 0.341 e. The molecular formula is C21H25N5O4S2. The van der Waals surface area contributed by atoms with E-state index in [1.807, 2.05) is 13.0 Å². The summed E-state index contributed by atoms with van der Waals surface area (Å²) in [6.45, 7) is 6.59. The van der Waals surface area contributed by atoms with Gasteiger partial charge in [0.15, 0.2) is 0 Å². The van der Waals surface area contributed by atoms with Crippen LogP contribution in [0.5, 0.6) is 0 Å². The summed E-state index contributed by atoms with van der Waals surface area (Å²) in [5.74, 6) is 0.452. The first-order chi connectivity index (χ1) is 15.4. The van der Waals surface area contributed by atoms with E-state index in [1.165, 1.54) is 11.3 Å². The van der Waals surface area contributed by atoms with Crippen molar-refractivity contribution < 1.29 is 18.7 Å². The molecule has 3 aromatic heterocycles. The fraction of sp³-hybridized carbons (Fsp3) is 0.476. The molecule has 0 saturated heterocycles. The van der Waals surface area contributed by atoms with E-state index in [4.69, 9.17) is 9.15 Å². The zero-order valence-electron chi connectivity index (χ0n) is 18.2. The summed E-state index contributed by atoms with van der Waals surface area (Å²) in [5.41, 5.74) is 2.51. The second-order valence-electron chi connectivity index (χ2n) is 7.71. The van der Waals surface area contributed by atoms with Crippen molar-refractivity contribution in [1.29, 1.82) is 0 Å². The third-order valence-corrected chi connectivity index (χ3v) is 7.22. The summed E-state index contributed by atoms with van der Waals surface area (Å²) in [7, 11) is 0. The van der Waals surface area contributed by atoms with Crippen LogP contribution in [-0.2, 0) is 28.9 Å². The maximum Gasteiger partial charge on any atom is 0.341 e. The van der Waals surface area contributed by atoms with Crippen molar-refractivity contribution in [3.05, 3.63) is 39.9 Å². The molecule has 3 aromatic rings. The molecule has 1 amide bonds. The fourth-order valence-electron chi connectivity index (χ4n) is 3.60. The minimum absolute atomic E-state index is 0.0870. The Morgan fingerprint density at radius 3 is 3.00 bits per heavy atom. The predicted molar refractivity (Wildman–Crippen MR) is 121 cm³/mol. The minimum Gasteiger partial charge on any atom is -0.462 e. The van der Waals surface area contributed by atoms with Crippen LogP contribution in [-0.4, -0.2) is 44.2 Å². The topological polar surface area (TPSA) is 112 Å². The van der Waals surface area contributed by atoms with Crippen LogP contribution in [0.2, 0.25) is 0 Å². The van der Waals surface area contributed by atoms with Crippen molar-refractivity contribution in [3.8, 4) is 0 Å². The van der Waals surface area contributed by atoms with Crippen molar-refractivity contribution in [2.45, 2.75) is 51.8 Å². The Morgan fingerprint density at radius 2 is 2.25 bits per heavy atom. The zero-order chi connectivity index (χ0) is 22.7. The van der Waals surface area contributed by atoms with Crippen LogP contribution in [0.25, 0.3) is 0 Å². The van der Waals surface area contributed by atoms with Crippen LogP contribution < -0.4 is 5.32 Å². The van der Waals surface area contributed by atoms with Gasteiger partial charge in [-0.2, -0.15) is 5.10 Å². The number of nitrogens with one attached hydrogen (secondary N) is 1. The molecule has 32 heavy (non-hydrogen) atoms. The third-order valence-electron chi connectivity index (χ3n) is 5.23. The molecule has 0 bridgehead atoms. The van der Waals surface area contributed by atoms with E-state index in [0.717, 1.165) is 47.2 Å². The molecule has 4 rings (SSSR count). The number of hydrogen-bond acceptors (Lipinski definition) is 9. The van der Waals surface area contributed by atoms with Crippen molar-refractivity contribution >= 4 is 40.0 Å². The van der Waals surface area contributed by atoms with Crippen molar-refractivity contribution in [2.75, 3.05) is 17.7 Å². The monoisotopic (exact) mass is 475 g/mol. The lowest BCUT2D eigenvalue weighted by molar-refractivity contribution is -0.113. The highest BCUT2D eigenvalue weighted by Gasteiger charge is 2.29. The van der Waals surface area contributed by atoms with E-state index < -0.39 is 0 Å². The number of carbonyl (C=O) groups is 2. The van der Waals surface area contributed by atoms with Gasteiger partial charge < -0.3 is 14.5 Å². The molecule has 0 spiro atoms. The van der Waals surface area contributed by atoms with Crippen LogP contribution in [0.15, 0.2) is 21.9 Å². The van der Waals surface area contributed by atoms with E-state index in [0.29, 0.717) is 40.7 Å².